The Balaban J connectivity index is 2.65. The normalized spacial score (nSPS) is 10.6. The van der Waals surface area contributed by atoms with Gasteiger partial charge < -0.3 is 15.8 Å². The molecule has 1 aromatic rings. The van der Waals surface area contributed by atoms with Crippen LogP contribution < -0.4 is 15.8 Å². The lowest BCUT2D eigenvalue weighted by Gasteiger charge is -2.13. The number of carbonyl (C=O) groups excluding carboxylic acids is 1. The monoisotopic (exact) mass is 264 g/mol. The van der Waals surface area contributed by atoms with Gasteiger partial charge in [0.15, 0.2) is 0 Å². The highest BCUT2D eigenvalue weighted by Gasteiger charge is 2.07. The quantitative estimate of drug-likeness (QED) is 0.789. The van der Waals surface area contributed by atoms with E-state index < -0.39 is 0 Å². The van der Waals surface area contributed by atoms with Crippen LogP contribution in [-0.4, -0.2) is 26.1 Å². The van der Waals surface area contributed by atoms with Crippen LogP contribution in [0.1, 0.15) is 37.3 Å². The molecule has 0 unspecified atom stereocenters. The highest BCUT2D eigenvalue weighted by molar-refractivity contribution is 5.76. The smallest absolute Gasteiger partial charge is 0.221 e. The minimum absolute atomic E-state index is 0.00137. The van der Waals surface area contributed by atoms with E-state index in [2.05, 4.69) is 31.3 Å². The first-order valence-electron chi connectivity index (χ1n) is 6.72. The summed E-state index contributed by atoms with van der Waals surface area (Å²) < 4.78 is 5.35. The molecule has 4 nitrogen and oxygen atoms in total. The number of rotatable bonds is 7. The van der Waals surface area contributed by atoms with E-state index in [1.165, 1.54) is 5.56 Å². The van der Waals surface area contributed by atoms with Gasteiger partial charge in [-0.05, 0) is 29.5 Å². The Morgan fingerprint density at radius 3 is 2.74 bits per heavy atom. The first kappa shape index (κ1) is 15.5. The molecule has 3 N–H and O–H groups in total. The van der Waals surface area contributed by atoms with Gasteiger partial charge in [0, 0.05) is 19.5 Å². The summed E-state index contributed by atoms with van der Waals surface area (Å²) in [6.07, 6.45) is 1.14. The number of benzene rings is 1. The van der Waals surface area contributed by atoms with E-state index >= 15 is 0 Å². The van der Waals surface area contributed by atoms with Crippen LogP contribution in [0.4, 0.5) is 0 Å². The van der Waals surface area contributed by atoms with Crippen molar-refractivity contribution in [2.75, 3.05) is 20.2 Å². The number of ether oxygens (including phenoxy) is 1. The summed E-state index contributed by atoms with van der Waals surface area (Å²) in [6, 6.07) is 6.23. The number of carbonyl (C=O) groups is 1. The van der Waals surface area contributed by atoms with Gasteiger partial charge in [0.25, 0.3) is 0 Å². The molecule has 0 bridgehead atoms. The number of nitrogens with one attached hydrogen (secondary N) is 1. The molecule has 0 aliphatic carbocycles. The van der Waals surface area contributed by atoms with Crippen molar-refractivity contribution in [3.8, 4) is 5.75 Å². The van der Waals surface area contributed by atoms with E-state index in [0.29, 0.717) is 25.4 Å². The number of nitrogens with two attached hydrogens (primary N) is 1. The third-order valence-electron chi connectivity index (χ3n) is 3.06. The molecule has 0 aromatic heterocycles. The number of methoxy groups -OCH3 is 1. The van der Waals surface area contributed by atoms with Gasteiger partial charge in [-0.25, -0.2) is 0 Å². The largest absolute Gasteiger partial charge is 0.496 e. The lowest BCUT2D eigenvalue weighted by molar-refractivity contribution is -0.120. The van der Waals surface area contributed by atoms with Gasteiger partial charge in [-0.3, -0.25) is 4.79 Å². The molecule has 0 spiro atoms. The first-order valence-corrected chi connectivity index (χ1v) is 6.72. The summed E-state index contributed by atoms with van der Waals surface area (Å²) in [5.41, 5.74) is 7.74. The fourth-order valence-electron chi connectivity index (χ4n) is 1.91. The van der Waals surface area contributed by atoms with Crippen molar-refractivity contribution in [3.05, 3.63) is 29.3 Å². The second-order valence-electron chi connectivity index (χ2n) is 4.86. The van der Waals surface area contributed by atoms with E-state index in [-0.39, 0.29) is 5.91 Å². The molecule has 0 atom stereocenters. The SMILES string of the molecule is COc1ccc(C(C)C)cc1CCNC(=O)CCN. The first-order chi connectivity index (χ1) is 9.08. The van der Waals surface area contributed by atoms with Crippen LogP contribution in [-0.2, 0) is 11.2 Å². The van der Waals surface area contributed by atoms with Crippen molar-refractivity contribution in [1.29, 1.82) is 0 Å². The van der Waals surface area contributed by atoms with Crippen LogP contribution in [0.5, 0.6) is 5.75 Å². The molecule has 1 aromatic carbocycles. The molecule has 0 heterocycles. The zero-order valence-electron chi connectivity index (χ0n) is 12.0. The number of hydrogen-bond acceptors (Lipinski definition) is 3. The summed E-state index contributed by atoms with van der Waals surface area (Å²) in [6.45, 7) is 5.32. The van der Waals surface area contributed by atoms with Crippen LogP contribution in [0.2, 0.25) is 0 Å². The fourth-order valence-corrected chi connectivity index (χ4v) is 1.91. The van der Waals surface area contributed by atoms with Crippen LogP contribution in [0, 0.1) is 0 Å². The van der Waals surface area contributed by atoms with Gasteiger partial charge in [0.05, 0.1) is 7.11 Å². The van der Waals surface area contributed by atoms with Crippen LogP contribution >= 0.6 is 0 Å². The van der Waals surface area contributed by atoms with Crippen molar-refractivity contribution in [3.63, 3.8) is 0 Å². The molecule has 19 heavy (non-hydrogen) atoms. The summed E-state index contributed by atoms with van der Waals surface area (Å²) >= 11 is 0. The molecule has 0 aliphatic rings. The average Bonchev–Trinajstić information content (AvgIpc) is 2.38. The third-order valence-corrected chi connectivity index (χ3v) is 3.06. The number of amides is 1. The van der Waals surface area contributed by atoms with Gasteiger partial charge >= 0.3 is 0 Å². The molecule has 0 radical (unpaired) electrons. The van der Waals surface area contributed by atoms with Gasteiger partial charge in [0.2, 0.25) is 5.91 Å². The Morgan fingerprint density at radius 1 is 1.42 bits per heavy atom. The van der Waals surface area contributed by atoms with Crippen LogP contribution in [0.15, 0.2) is 18.2 Å². The van der Waals surface area contributed by atoms with E-state index in [4.69, 9.17) is 10.5 Å². The van der Waals surface area contributed by atoms with E-state index in [1.807, 2.05) is 6.07 Å². The summed E-state index contributed by atoms with van der Waals surface area (Å²) in [5.74, 6) is 1.36. The summed E-state index contributed by atoms with van der Waals surface area (Å²) in [4.78, 5) is 11.3. The van der Waals surface area contributed by atoms with Crippen LogP contribution in [0.3, 0.4) is 0 Å². The minimum atomic E-state index is 0.00137. The lowest BCUT2D eigenvalue weighted by Crippen LogP contribution is -2.27. The molecule has 106 valence electrons. The summed E-state index contributed by atoms with van der Waals surface area (Å²) in [7, 11) is 1.67. The standard InChI is InChI=1S/C15H24N2O2/c1-11(2)12-4-5-14(19-3)13(10-12)7-9-17-15(18)6-8-16/h4-5,10-11H,6-9,16H2,1-3H3,(H,17,18). The summed E-state index contributed by atoms with van der Waals surface area (Å²) in [5, 5.41) is 2.86. The number of hydrogen-bond donors (Lipinski definition) is 2. The molecule has 0 saturated heterocycles. The average molecular weight is 264 g/mol. The molecule has 1 rings (SSSR count). The maximum atomic E-state index is 11.3. The van der Waals surface area contributed by atoms with E-state index in [0.717, 1.165) is 17.7 Å². The third kappa shape index (κ3) is 4.91. The highest BCUT2D eigenvalue weighted by Crippen LogP contribution is 2.24. The maximum Gasteiger partial charge on any atom is 0.221 e. The van der Waals surface area contributed by atoms with Gasteiger partial charge in [-0.2, -0.15) is 0 Å². The van der Waals surface area contributed by atoms with Crippen molar-refractivity contribution < 1.29 is 9.53 Å². The van der Waals surface area contributed by atoms with Crippen molar-refractivity contribution in [1.82, 2.24) is 5.32 Å². The molecule has 0 aliphatic heterocycles. The van der Waals surface area contributed by atoms with Crippen molar-refractivity contribution >= 4 is 5.91 Å². The van der Waals surface area contributed by atoms with E-state index in [9.17, 15) is 4.79 Å². The topological polar surface area (TPSA) is 64.3 Å². The van der Waals surface area contributed by atoms with Crippen molar-refractivity contribution in [2.45, 2.75) is 32.6 Å². The Morgan fingerprint density at radius 2 is 2.16 bits per heavy atom. The maximum absolute atomic E-state index is 11.3. The predicted octanol–water partition coefficient (Wildman–Crippen LogP) is 1.83. The Kier molecular flexibility index (Phi) is 6.36. The molecular weight excluding hydrogens is 240 g/mol. The second kappa shape index (κ2) is 7.79. The van der Waals surface area contributed by atoms with Gasteiger partial charge in [-0.15, -0.1) is 0 Å². The lowest BCUT2D eigenvalue weighted by atomic mass is 9.99. The van der Waals surface area contributed by atoms with Crippen LogP contribution in [0.25, 0.3) is 0 Å². The van der Waals surface area contributed by atoms with Crippen molar-refractivity contribution in [2.24, 2.45) is 5.73 Å². The van der Waals surface area contributed by atoms with Gasteiger partial charge in [-0.1, -0.05) is 26.0 Å². The zero-order valence-corrected chi connectivity index (χ0v) is 12.0. The molecular formula is C15H24N2O2. The fraction of sp³-hybridized carbons (Fsp3) is 0.533. The zero-order chi connectivity index (χ0) is 14.3. The molecule has 1 amide bonds. The van der Waals surface area contributed by atoms with E-state index in [1.54, 1.807) is 7.11 Å². The highest BCUT2D eigenvalue weighted by atomic mass is 16.5. The van der Waals surface area contributed by atoms with Gasteiger partial charge in [0.1, 0.15) is 5.75 Å². The Labute approximate surface area is 115 Å². The predicted molar refractivity (Wildman–Crippen MR) is 77.5 cm³/mol. The molecule has 0 saturated carbocycles. The molecule has 4 heteroatoms. The Hall–Kier alpha value is -1.55. The Bertz CT molecular complexity index is 417. The minimum Gasteiger partial charge on any atom is -0.496 e. The molecule has 0 fully saturated rings. The second-order valence-corrected chi connectivity index (χ2v) is 4.86.